The Morgan fingerprint density at radius 2 is 1.86 bits per heavy atom. The first-order valence-electron chi connectivity index (χ1n) is 11.9. The molecular weight excluding hydrogens is 484 g/mol. The minimum Gasteiger partial charge on any atom is -0.494 e. The van der Waals surface area contributed by atoms with Gasteiger partial charge in [0, 0.05) is 45.7 Å². The van der Waals surface area contributed by atoms with Crippen LogP contribution in [0.2, 0.25) is 0 Å². The number of amides is 1. The molecule has 1 amide bonds. The number of ether oxygens (including phenoxy) is 1. The van der Waals surface area contributed by atoms with Crippen LogP contribution < -0.4 is 15.0 Å². The summed E-state index contributed by atoms with van der Waals surface area (Å²) in [4.78, 5) is 21.8. The molecule has 3 aromatic rings. The number of hydrogen-bond donors (Lipinski definition) is 1. The van der Waals surface area contributed by atoms with Crippen LogP contribution in [0.5, 0.6) is 5.75 Å². The lowest BCUT2D eigenvalue weighted by molar-refractivity contribution is -0.120. The highest BCUT2D eigenvalue weighted by atomic mass is 32.2. The fourth-order valence-electron chi connectivity index (χ4n) is 3.98. The zero-order valence-electron chi connectivity index (χ0n) is 20.2. The Morgan fingerprint density at radius 3 is 2.57 bits per heavy atom. The third-order valence-electron chi connectivity index (χ3n) is 6.03. The van der Waals surface area contributed by atoms with Crippen LogP contribution in [0.1, 0.15) is 18.9 Å². The Balaban J connectivity index is 1.18. The van der Waals surface area contributed by atoms with Crippen molar-refractivity contribution in [2.45, 2.75) is 25.2 Å². The molecule has 0 atom stereocenters. The standard InChI is InChI=1S/C25H32N4O4S2/c1-3-33-20-6-9-22-23(18-20)34-25(27-22)29-15-13-28(14-16-29)12-11-26-24(30)10-17-35(31,32)21-7-4-19(2)5-8-21/h4-9,18H,3,10-17H2,1-2H3,(H,26,30). The highest BCUT2D eigenvalue weighted by Crippen LogP contribution is 2.32. The first-order chi connectivity index (χ1) is 16.8. The summed E-state index contributed by atoms with van der Waals surface area (Å²) in [5, 5.41) is 3.88. The third-order valence-corrected chi connectivity index (χ3v) is 8.84. The van der Waals surface area contributed by atoms with Gasteiger partial charge in [-0.3, -0.25) is 9.69 Å². The summed E-state index contributed by atoms with van der Waals surface area (Å²) in [5.41, 5.74) is 1.99. The van der Waals surface area contributed by atoms with Gasteiger partial charge in [0.15, 0.2) is 15.0 Å². The molecule has 1 fully saturated rings. The lowest BCUT2D eigenvalue weighted by Gasteiger charge is -2.34. The Hall–Kier alpha value is -2.69. The lowest BCUT2D eigenvalue weighted by Crippen LogP contribution is -2.48. The molecule has 10 heteroatoms. The summed E-state index contributed by atoms with van der Waals surface area (Å²) in [6.07, 6.45) is -0.0351. The van der Waals surface area contributed by atoms with Crippen LogP contribution in [0, 0.1) is 6.92 Å². The van der Waals surface area contributed by atoms with Crippen molar-refractivity contribution in [2.24, 2.45) is 0 Å². The summed E-state index contributed by atoms with van der Waals surface area (Å²) >= 11 is 1.68. The van der Waals surface area contributed by atoms with E-state index in [1.807, 2.05) is 32.0 Å². The van der Waals surface area contributed by atoms with E-state index in [2.05, 4.69) is 15.1 Å². The van der Waals surface area contributed by atoms with Crippen LogP contribution in [-0.4, -0.2) is 75.8 Å². The summed E-state index contributed by atoms with van der Waals surface area (Å²) < 4.78 is 31.6. The third kappa shape index (κ3) is 6.71. The van der Waals surface area contributed by atoms with Crippen LogP contribution in [0.15, 0.2) is 47.4 Å². The molecule has 1 saturated heterocycles. The van der Waals surface area contributed by atoms with E-state index < -0.39 is 9.84 Å². The number of aromatic nitrogens is 1. The van der Waals surface area contributed by atoms with Gasteiger partial charge in [0.1, 0.15) is 5.75 Å². The number of nitrogens with zero attached hydrogens (tertiary/aromatic N) is 3. The molecule has 0 spiro atoms. The van der Waals surface area contributed by atoms with Crippen molar-refractivity contribution in [3.8, 4) is 5.75 Å². The second-order valence-electron chi connectivity index (χ2n) is 8.62. The maximum atomic E-state index is 12.4. The number of benzene rings is 2. The fourth-order valence-corrected chi connectivity index (χ4v) is 6.27. The molecule has 0 aliphatic carbocycles. The zero-order valence-corrected chi connectivity index (χ0v) is 21.8. The van der Waals surface area contributed by atoms with E-state index in [1.54, 1.807) is 35.6 Å². The number of anilines is 1. The zero-order chi connectivity index (χ0) is 24.8. The van der Waals surface area contributed by atoms with E-state index >= 15 is 0 Å². The largest absolute Gasteiger partial charge is 0.494 e. The van der Waals surface area contributed by atoms with Crippen molar-refractivity contribution in [3.05, 3.63) is 48.0 Å². The lowest BCUT2D eigenvalue weighted by atomic mass is 10.2. The Kier molecular flexibility index (Phi) is 8.25. The molecule has 4 rings (SSSR count). The van der Waals surface area contributed by atoms with Gasteiger partial charge >= 0.3 is 0 Å². The van der Waals surface area contributed by atoms with Crippen LogP contribution in [0.25, 0.3) is 10.2 Å². The molecule has 188 valence electrons. The first kappa shape index (κ1) is 25.4. The number of thiazole rings is 1. The molecule has 0 unspecified atom stereocenters. The van der Waals surface area contributed by atoms with Crippen molar-refractivity contribution in [1.82, 2.24) is 15.2 Å². The van der Waals surface area contributed by atoms with E-state index in [0.29, 0.717) is 13.2 Å². The molecule has 1 aromatic heterocycles. The second kappa shape index (κ2) is 11.4. The number of carbonyl (C=O) groups is 1. The Labute approximate surface area is 210 Å². The van der Waals surface area contributed by atoms with Gasteiger partial charge in [-0.1, -0.05) is 29.0 Å². The molecule has 0 radical (unpaired) electrons. The van der Waals surface area contributed by atoms with Crippen molar-refractivity contribution in [2.75, 3.05) is 56.5 Å². The van der Waals surface area contributed by atoms with Crippen molar-refractivity contribution >= 4 is 42.4 Å². The first-order valence-corrected chi connectivity index (χ1v) is 14.4. The Bertz CT molecular complexity index is 1250. The van der Waals surface area contributed by atoms with E-state index in [0.717, 1.165) is 59.4 Å². The number of carbonyl (C=O) groups excluding carboxylic acids is 1. The molecule has 1 N–H and O–H groups in total. The predicted octanol–water partition coefficient (Wildman–Crippen LogP) is 3.11. The number of sulfone groups is 1. The minimum atomic E-state index is -3.45. The van der Waals surface area contributed by atoms with E-state index in [1.165, 1.54) is 0 Å². The molecule has 1 aliphatic heterocycles. The highest BCUT2D eigenvalue weighted by molar-refractivity contribution is 7.91. The van der Waals surface area contributed by atoms with Gasteiger partial charge in [0.2, 0.25) is 5.91 Å². The van der Waals surface area contributed by atoms with Gasteiger partial charge in [-0.2, -0.15) is 0 Å². The number of fused-ring (bicyclic) bond motifs is 1. The van der Waals surface area contributed by atoms with Crippen LogP contribution in [0.3, 0.4) is 0 Å². The normalized spacial score (nSPS) is 14.9. The molecule has 2 heterocycles. The van der Waals surface area contributed by atoms with Gasteiger partial charge in [0.25, 0.3) is 0 Å². The number of aryl methyl sites for hydroxylation is 1. The van der Waals surface area contributed by atoms with Gasteiger partial charge in [0.05, 0.1) is 27.5 Å². The molecule has 0 saturated carbocycles. The van der Waals surface area contributed by atoms with Crippen LogP contribution in [0.4, 0.5) is 5.13 Å². The molecular formula is C25H32N4O4S2. The monoisotopic (exact) mass is 516 g/mol. The summed E-state index contributed by atoms with van der Waals surface area (Å²) in [5.74, 6) is 0.449. The van der Waals surface area contributed by atoms with Crippen molar-refractivity contribution < 1.29 is 17.9 Å². The van der Waals surface area contributed by atoms with Gasteiger partial charge in [-0.05, 0) is 44.2 Å². The highest BCUT2D eigenvalue weighted by Gasteiger charge is 2.20. The van der Waals surface area contributed by atoms with E-state index in [9.17, 15) is 13.2 Å². The van der Waals surface area contributed by atoms with E-state index in [4.69, 9.17) is 9.72 Å². The summed E-state index contributed by atoms with van der Waals surface area (Å²) in [6.45, 7) is 9.30. The maximum Gasteiger partial charge on any atom is 0.221 e. The average Bonchev–Trinajstić information content (AvgIpc) is 3.27. The predicted molar refractivity (Wildman–Crippen MR) is 140 cm³/mol. The maximum absolute atomic E-state index is 12.4. The Morgan fingerprint density at radius 1 is 1.11 bits per heavy atom. The SMILES string of the molecule is CCOc1ccc2nc(N3CCN(CCNC(=O)CCS(=O)(=O)c4ccc(C)cc4)CC3)sc2c1. The quantitative estimate of drug-likeness (QED) is 0.443. The molecule has 2 aromatic carbocycles. The average molecular weight is 517 g/mol. The topological polar surface area (TPSA) is 91.8 Å². The van der Waals surface area contributed by atoms with Crippen LogP contribution in [-0.2, 0) is 14.6 Å². The van der Waals surface area contributed by atoms with Crippen molar-refractivity contribution in [1.29, 1.82) is 0 Å². The molecule has 0 bridgehead atoms. The number of piperazine rings is 1. The smallest absolute Gasteiger partial charge is 0.221 e. The van der Waals surface area contributed by atoms with Gasteiger partial charge in [-0.25, -0.2) is 13.4 Å². The molecule has 35 heavy (non-hydrogen) atoms. The molecule has 8 nitrogen and oxygen atoms in total. The van der Waals surface area contributed by atoms with Gasteiger partial charge in [-0.15, -0.1) is 0 Å². The van der Waals surface area contributed by atoms with Crippen molar-refractivity contribution in [3.63, 3.8) is 0 Å². The van der Waals surface area contributed by atoms with Crippen LogP contribution >= 0.6 is 11.3 Å². The summed E-state index contributed by atoms with van der Waals surface area (Å²) in [7, 11) is -3.45. The number of hydrogen-bond acceptors (Lipinski definition) is 8. The summed E-state index contributed by atoms with van der Waals surface area (Å²) in [6, 6.07) is 12.7. The number of nitrogens with one attached hydrogen (secondary N) is 1. The second-order valence-corrected chi connectivity index (χ2v) is 11.7. The molecule has 1 aliphatic rings. The minimum absolute atomic E-state index is 0.0351. The fraction of sp³-hybridized carbons (Fsp3) is 0.440. The van der Waals surface area contributed by atoms with E-state index in [-0.39, 0.29) is 23.0 Å². The number of rotatable bonds is 10. The van der Waals surface area contributed by atoms with Gasteiger partial charge < -0.3 is 15.0 Å².